The van der Waals surface area contributed by atoms with Crippen molar-refractivity contribution in [1.29, 1.82) is 0 Å². The van der Waals surface area contributed by atoms with Crippen molar-refractivity contribution >= 4 is 17.7 Å². The number of hydrogen-bond acceptors (Lipinski definition) is 3. The maximum Gasteiger partial charge on any atom is 0.232 e. The molecule has 0 aromatic carbocycles. The van der Waals surface area contributed by atoms with Crippen molar-refractivity contribution in [2.24, 2.45) is 5.41 Å². The van der Waals surface area contributed by atoms with Crippen LogP contribution in [0.5, 0.6) is 0 Å². The van der Waals surface area contributed by atoms with Gasteiger partial charge in [0.05, 0.1) is 5.75 Å². The summed E-state index contributed by atoms with van der Waals surface area (Å²) < 4.78 is 0. The van der Waals surface area contributed by atoms with Gasteiger partial charge in [0.1, 0.15) is 0 Å². The SMILES string of the molecule is CNC1C(SCC(=O)N(C)C)CCCC1(C)C. The summed E-state index contributed by atoms with van der Waals surface area (Å²) in [6.07, 6.45) is 3.77. The normalized spacial score (nSPS) is 27.8. The highest BCUT2D eigenvalue weighted by atomic mass is 32.2. The lowest BCUT2D eigenvalue weighted by molar-refractivity contribution is -0.125. The number of carbonyl (C=O) groups excluding carboxylic acids is 1. The van der Waals surface area contributed by atoms with E-state index in [1.165, 1.54) is 19.3 Å². The second kappa shape index (κ2) is 6.10. The first-order valence-electron chi connectivity index (χ1n) is 6.37. The van der Waals surface area contributed by atoms with Crippen LogP contribution in [0.2, 0.25) is 0 Å². The monoisotopic (exact) mass is 258 g/mol. The van der Waals surface area contributed by atoms with E-state index in [-0.39, 0.29) is 5.91 Å². The Morgan fingerprint density at radius 3 is 2.65 bits per heavy atom. The number of carbonyl (C=O) groups is 1. The minimum absolute atomic E-state index is 0.216. The summed E-state index contributed by atoms with van der Waals surface area (Å²) in [4.78, 5) is 13.3. The standard InChI is InChI=1S/C13H26N2OS/c1-13(2)8-6-7-10(12(13)14-3)17-9-11(16)15(4)5/h10,12,14H,6-9H2,1-5H3. The van der Waals surface area contributed by atoms with Gasteiger partial charge in [-0.25, -0.2) is 0 Å². The van der Waals surface area contributed by atoms with E-state index in [9.17, 15) is 4.79 Å². The molecule has 1 N–H and O–H groups in total. The summed E-state index contributed by atoms with van der Waals surface area (Å²) in [7, 11) is 5.69. The second-order valence-corrected chi connectivity index (χ2v) is 7.01. The molecule has 0 spiro atoms. The molecule has 0 aliphatic heterocycles. The molecule has 0 radical (unpaired) electrons. The molecule has 0 saturated heterocycles. The van der Waals surface area contributed by atoms with Crippen LogP contribution < -0.4 is 5.32 Å². The number of amides is 1. The Labute approximate surface area is 110 Å². The van der Waals surface area contributed by atoms with Crippen molar-refractivity contribution in [3.63, 3.8) is 0 Å². The van der Waals surface area contributed by atoms with Crippen LogP contribution in [0.4, 0.5) is 0 Å². The Kier molecular flexibility index (Phi) is 5.32. The molecule has 100 valence electrons. The van der Waals surface area contributed by atoms with Crippen molar-refractivity contribution in [3.8, 4) is 0 Å². The molecule has 1 fully saturated rings. The number of thioether (sulfide) groups is 1. The van der Waals surface area contributed by atoms with Gasteiger partial charge in [-0.2, -0.15) is 0 Å². The fourth-order valence-electron chi connectivity index (χ4n) is 2.65. The van der Waals surface area contributed by atoms with Gasteiger partial charge in [-0.15, -0.1) is 11.8 Å². The minimum atomic E-state index is 0.216. The van der Waals surface area contributed by atoms with Crippen LogP contribution in [0, 0.1) is 5.41 Å². The minimum Gasteiger partial charge on any atom is -0.348 e. The van der Waals surface area contributed by atoms with Crippen LogP contribution in [-0.4, -0.2) is 49.0 Å². The first-order chi connectivity index (χ1) is 7.88. The molecular weight excluding hydrogens is 232 g/mol. The smallest absolute Gasteiger partial charge is 0.232 e. The van der Waals surface area contributed by atoms with Crippen LogP contribution in [0.15, 0.2) is 0 Å². The fourth-order valence-corrected chi connectivity index (χ4v) is 4.29. The summed E-state index contributed by atoms with van der Waals surface area (Å²) in [5, 5.41) is 4.01. The van der Waals surface area contributed by atoms with E-state index in [1.54, 1.807) is 4.90 Å². The first kappa shape index (κ1) is 14.8. The zero-order valence-corrected chi connectivity index (χ0v) is 12.6. The fraction of sp³-hybridized carbons (Fsp3) is 0.923. The summed E-state index contributed by atoms with van der Waals surface area (Å²) in [5.74, 6) is 0.819. The van der Waals surface area contributed by atoms with E-state index in [4.69, 9.17) is 0 Å². The molecule has 1 aliphatic rings. The Morgan fingerprint density at radius 1 is 1.47 bits per heavy atom. The molecule has 0 bridgehead atoms. The number of nitrogens with one attached hydrogen (secondary N) is 1. The third-order valence-electron chi connectivity index (χ3n) is 3.75. The van der Waals surface area contributed by atoms with E-state index in [1.807, 2.05) is 32.9 Å². The molecule has 1 rings (SSSR count). The first-order valence-corrected chi connectivity index (χ1v) is 7.42. The molecule has 1 saturated carbocycles. The van der Waals surface area contributed by atoms with E-state index in [0.717, 1.165) is 0 Å². The lowest BCUT2D eigenvalue weighted by Crippen LogP contribution is -2.50. The Hall–Kier alpha value is -0.220. The average Bonchev–Trinajstić information content (AvgIpc) is 2.24. The third kappa shape index (κ3) is 3.88. The van der Waals surface area contributed by atoms with E-state index in [0.29, 0.717) is 22.5 Å². The lowest BCUT2D eigenvalue weighted by atomic mass is 9.73. The van der Waals surface area contributed by atoms with E-state index in [2.05, 4.69) is 19.2 Å². The molecule has 0 heterocycles. The van der Waals surface area contributed by atoms with Crippen molar-refractivity contribution in [2.45, 2.75) is 44.4 Å². The van der Waals surface area contributed by atoms with Crippen LogP contribution in [-0.2, 0) is 4.79 Å². The van der Waals surface area contributed by atoms with Gasteiger partial charge in [0.25, 0.3) is 0 Å². The summed E-state index contributed by atoms with van der Waals surface area (Å²) in [5.41, 5.74) is 0.339. The largest absolute Gasteiger partial charge is 0.348 e. The van der Waals surface area contributed by atoms with Crippen LogP contribution in [0.25, 0.3) is 0 Å². The quantitative estimate of drug-likeness (QED) is 0.837. The zero-order chi connectivity index (χ0) is 13.1. The molecule has 17 heavy (non-hydrogen) atoms. The summed E-state index contributed by atoms with van der Waals surface area (Å²) >= 11 is 1.82. The van der Waals surface area contributed by atoms with Crippen LogP contribution in [0.3, 0.4) is 0 Å². The van der Waals surface area contributed by atoms with Gasteiger partial charge >= 0.3 is 0 Å². The maximum absolute atomic E-state index is 11.6. The van der Waals surface area contributed by atoms with Gasteiger partial charge in [-0.3, -0.25) is 4.79 Å². The zero-order valence-electron chi connectivity index (χ0n) is 11.7. The molecule has 0 aromatic rings. The van der Waals surface area contributed by atoms with E-state index < -0.39 is 0 Å². The van der Waals surface area contributed by atoms with Gasteiger partial charge in [0.15, 0.2) is 0 Å². The number of nitrogens with zero attached hydrogens (tertiary/aromatic N) is 1. The predicted octanol–water partition coefficient (Wildman–Crippen LogP) is 1.97. The summed E-state index contributed by atoms with van der Waals surface area (Å²) in [6.45, 7) is 4.66. The lowest BCUT2D eigenvalue weighted by Gasteiger charge is -2.43. The molecule has 4 heteroatoms. The highest BCUT2D eigenvalue weighted by Crippen LogP contribution is 2.40. The van der Waals surface area contributed by atoms with Crippen molar-refractivity contribution in [2.75, 3.05) is 26.9 Å². The molecule has 2 unspecified atom stereocenters. The van der Waals surface area contributed by atoms with Crippen molar-refractivity contribution in [3.05, 3.63) is 0 Å². The Balaban J connectivity index is 2.54. The molecule has 0 aromatic heterocycles. The second-order valence-electron chi connectivity index (χ2n) is 5.78. The highest BCUT2D eigenvalue weighted by molar-refractivity contribution is 8.00. The van der Waals surface area contributed by atoms with Crippen molar-refractivity contribution in [1.82, 2.24) is 10.2 Å². The predicted molar refractivity (Wildman–Crippen MR) is 75.4 cm³/mol. The summed E-state index contributed by atoms with van der Waals surface area (Å²) in [6, 6.07) is 0.510. The molecular formula is C13H26N2OS. The van der Waals surface area contributed by atoms with Gasteiger partial charge in [0, 0.05) is 25.4 Å². The average molecular weight is 258 g/mol. The van der Waals surface area contributed by atoms with Crippen LogP contribution >= 0.6 is 11.8 Å². The number of hydrogen-bond donors (Lipinski definition) is 1. The van der Waals surface area contributed by atoms with Crippen molar-refractivity contribution < 1.29 is 4.79 Å². The topological polar surface area (TPSA) is 32.3 Å². The highest BCUT2D eigenvalue weighted by Gasteiger charge is 2.38. The Morgan fingerprint density at radius 2 is 2.12 bits per heavy atom. The maximum atomic E-state index is 11.6. The van der Waals surface area contributed by atoms with E-state index >= 15 is 0 Å². The molecule has 1 aliphatic carbocycles. The molecule has 1 amide bonds. The van der Waals surface area contributed by atoms with Gasteiger partial charge in [-0.1, -0.05) is 20.3 Å². The van der Waals surface area contributed by atoms with Gasteiger partial charge in [0.2, 0.25) is 5.91 Å². The van der Waals surface area contributed by atoms with Gasteiger partial charge < -0.3 is 10.2 Å². The third-order valence-corrected chi connectivity index (χ3v) is 5.10. The molecule has 3 nitrogen and oxygen atoms in total. The van der Waals surface area contributed by atoms with Gasteiger partial charge in [-0.05, 0) is 25.3 Å². The number of rotatable bonds is 4. The Bertz CT molecular complexity index is 266. The van der Waals surface area contributed by atoms with Crippen LogP contribution in [0.1, 0.15) is 33.1 Å². The molecule has 2 atom stereocenters.